The van der Waals surface area contributed by atoms with Crippen molar-refractivity contribution in [1.29, 1.82) is 0 Å². The fraction of sp³-hybridized carbons (Fsp3) is 0.0625. The molecule has 0 bridgehead atoms. The van der Waals surface area contributed by atoms with Crippen LogP contribution in [0.2, 0.25) is 0 Å². The highest BCUT2D eigenvalue weighted by Crippen LogP contribution is 2.28. The predicted octanol–water partition coefficient (Wildman–Crippen LogP) is 4.59. The van der Waals surface area contributed by atoms with E-state index in [1.165, 1.54) is 0 Å². The maximum atomic E-state index is 12.0. The summed E-state index contributed by atoms with van der Waals surface area (Å²) in [4.78, 5) is 12.0. The average molecular weight is 409 g/mol. The molecule has 0 unspecified atom stereocenters. The molecule has 0 amide bonds. The quantitative estimate of drug-likeness (QED) is 0.754. The summed E-state index contributed by atoms with van der Waals surface area (Å²) in [6.07, 6.45) is 0. The maximum absolute atomic E-state index is 12.0. The molecule has 1 heterocycles. The van der Waals surface area contributed by atoms with Crippen LogP contribution in [0, 0.1) is 0 Å². The molecular formula is C16H11Br2NO2. The predicted molar refractivity (Wildman–Crippen MR) is 89.8 cm³/mol. The minimum absolute atomic E-state index is 0.264. The number of carbonyl (C=O) groups is 1. The van der Waals surface area contributed by atoms with Crippen molar-refractivity contribution in [2.24, 2.45) is 0 Å². The number of nitrogens with one attached hydrogen (secondary N) is 1. The van der Waals surface area contributed by atoms with Gasteiger partial charge < -0.3 is 10.1 Å². The second-order valence-corrected chi connectivity index (χ2v) is 6.40. The number of halogens is 2. The van der Waals surface area contributed by atoms with Gasteiger partial charge in [0, 0.05) is 14.6 Å². The maximum Gasteiger partial charge on any atom is 0.341 e. The van der Waals surface area contributed by atoms with Gasteiger partial charge in [0.25, 0.3) is 0 Å². The first-order valence-electron chi connectivity index (χ1n) is 6.32. The summed E-state index contributed by atoms with van der Waals surface area (Å²) in [5.74, 6) is -0.295. The minimum Gasteiger partial charge on any atom is -0.456 e. The van der Waals surface area contributed by atoms with Gasteiger partial charge in [-0.15, -0.1) is 0 Å². The highest BCUT2D eigenvalue weighted by atomic mass is 79.9. The van der Waals surface area contributed by atoms with Crippen molar-refractivity contribution >= 4 is 49.1 Å². The van der Waals surface area contributed by atoms with E-state index in [0.717, 1.165) is 25.9 Å². The van der Waals surface area contributed by atoms with Crippen LogP contribution in [0.5, 0.6) is 0 Å². The molecule has 1 aliphatic rings. The molecule has 0 saturated carbocycles. The third kappa shape index (κ3) is 3.19. The van der Waals surface area contributed by atoms with Crippen LogP contribution in [0.25, 0.3) is 5.57 Å². The van der Waals surface area contributed by atoms with Gasteiger partial charge in [-0.3, -0.25) is 0 Å². The standard InChI is InChI=1S/C16H11Br2NO2/c17-11-3-1-10(2-4-11)15-14(9-21-16(15)20)19-13-7-5-12(18)6-8-13/h1-8,19H,9H2. The van der Waals surface area contributed by atoms with Gasteiger partial charge in [-0.2, -0.15) is 0 Å². The highest BCUT2D eigenvalue weighted by Gasteiger charge is 2.26. The van der Waals surface area contributed by atoms with E-state index in [2.05, 4.69) is 37.2 Å². The van der Waals surface area contributed by atoms with Crippen LogP contribution < -0.4 is 5.32 Å². The van der Waals surface area contributed by atoms with Crippen molar-refractivity contribution in [2.45, 2.75) is 0 Å². The summed E-state index contributed by atoms with van der Waals surface area (Å²) >= 11 is 6.79. The first kappa shape index (κ1) is 14.4. The Labute approximate surface area is 139 Å². The van der Waals surface area contributed by atoms with Crippen LogP contribution >= 0.6 is 31.9 Å². The first-order valence-corrected chi connectivity index (χ1v) is 7.91. The van der Waals surface area contributed by atoms with Gasteiger partial charge in [-0.25, -0.2) is 4.79 Å². The lowest BCUT2D eigenvalue weighted by molar-refractivity contribution is -0.134. The lowest BCUT2D eigenvalue weighted by Crippen LogP contribution is -2.03. The second-order valence-electron chi connectivity index (χ2n) is 4.57. The van der Waals surface area contributed by atoms with Crippen molar-refractivity contribution in [1.82, 2.24) is 0 Å². The Bertz CT molecular complexity index is 706. The zero-order valence-corrected chi connectivity index (χ0v) is 14.1. The van der Waals surface area contributed by atoms with Crippen molar-refractivity contribution < 1.29 is 9.53 Å². The Morgan fingerprint density at radius 2 is 1.48 bits per heavy atom. The molecule has 0 aliphatic carbocycles. The molecule has 106 valence electrons. The number of hydrogen-bond donors (Lipinski definition) is 1. The summed E-state index contributed by atoms with van der Waals surface area (Å²) < 4.78 is 7.14. The van der Waals surface area contributed by atoms with E-state index in [0.29, 0.717) is 5.57 Å². The van der Waals surface area contributed by atoms with E-state index in [1.54, 1.807) is 0 Å². The third-order valence-corrected chi connectivity index (χ3v) is 4.18. The number of esters is 1. The van der Waals surface area contributed by atoms with Crippen LogP contribution in [0.4, 0.5) is 5.69 Å². The fourth-order valence-corrected chi connectivity index (χ4v) is 2.65. The number of hydrogen-bond acceptors (Lipinski definition) is 3. The van der Waals surface area contributed by atoms with Gasteiger partial charge in [0.1, 0.15) is 6.61 Å². The number of rotatable bonds is 3. The normalized spacial score (nSPS) is 14.3. The molecule has 2 aromatic rings. The zero-order chi connectivity index (χ0) is 14.8. The molecule has 5 heteroatoms. The van der Waals surface area contributed by atoms with E-state index < -0.39 is 0 Å². The molecule has 3 nitrogen and oxygen atoms in total. The molecule has 0 spiro atoms. The van der Waals surface area contributed by atoms with Crippen LogP contribution in [0.15, 0.2) is 63.2 Å². The van der Waals surface area contributed by atoms with Gasteiger partial charge in [-0.1, -0.05) is 44.0 Å². The number of cyclic esters (lactones) is 1. The van der Waals surface area contributed by atoms with Gasteiger partial charge in [0.15, 0.2) is 0 Å². The number of anilines is 1. The Balaban J connectivity index is 1.95. The van der Waals surface area contributed by atoms with E-state index in [9.17, 15) is 4.79 Å². The van der Waals surface area contributed by atoms with E-state index >= 15 is 0 Å². The van der Waals surface area contributed by atoms with Crippen LogP contribution in [0.1, 0.15) is 5.56 Å². The van der Waals surface area contributed by atoms with Crippen LogP contribution in [-0.4, -0.2) is 12.6 Å². The molecule has 0 fully saturated rings. The summed E-state index contributed by atoms with van der Waals surface area (Å²) in [5, 5.41) is 3.26. The van der Waals surface area contributed by atoms with Gasteiger partial charge in [0.05, 0.1) is 11.3 Å². The molecule has 1 aliphatic heterocycles. The Hall–Kier alpha value is -1.59. The molecular weight excluding hydrogens is 398 g/mol. The monoisotopic (exact) mass is 407 g/mol. The summed E-state index contributed by atoms with van der Waals surface area (Å²) in [6.45, 7) is 0.264. The lowest BCUT2D eigenvalue weighted by atomic mass is 10.1. The molecule has 3 rings (SSSR count). The number of benzene rings is 2. The summed E-state index contributed by atoms with van der Waals surface area (Å²) in [7, 11) is 0. The molecule has 21 heavy (non-hydrogen) atoms. The zero-order valence-electron chi connectivity index (χ0n) is 10.9. The third-order valence-electron chi connectivity index (χ3n) is 3.13. The summed E-state index contributed by atoms with van der Waals surface area (Å²) in [6, 6.07) is 15.4. The second kappa shape index (κ2) is 6.03. The van der Waals surface area contributed by atoms with Crippen molar-refractivity contribution in [2.75, 3.05) is 11.9 Å². The fourth-order valence-electron chi connectivity index (χ4n) is 2.12. The highest BCUT2D eigenvalue weighted by molar-refractivity contribution is 9.10. The van der Waals surface area contributed by atoms with Crippen molar-refractivity contribution in [3.63, 3.8) is 0 Å². The van der Waals surface area contributed by atoms with E-state index in [1.807, 2.05) is 48.5 Å². The van der Waals surface area contributed by atoms with Gasteiger partial charge in [0.2, 0.25) is 0 Å². The van der Waals surface area contributed by atoms with Crippen molar-refractivity contribution in [3.05, 3.63) is 68.7 Å². The molecule has 2 aromatic carbocycles. The van der Waals surface area contributed by atoms with E-state index in [-0.39, 0.29) is 12.6 Å². The van der Waals surface area contributed by atoms with Crippen LogP contribution in [0.3, 0.4) is 0 Å². The molecule has 0 radical (unpaired) electrons. The largest absolute Gasteiger partial charge is 0.456 e. The Kier molecular flexibility index (Phi) is 4.12. The number of carbonyl (C=O) groups excluding carboxylic acids is 1. The molecule has 0 atom stereocenters. The van der Waals surface area contributed by atoms with Crippen LogP contribution in [-0.2, 0) is 9.53 Å². The minimum atomic E-state index is -0.295. The van der Waals surface area contributed by atoms with E-state index in [4.69, 9.17) is 4.74 Å². The Morgan fingerprint density at radius 1 is 0.905 bits per heavy atom. The topological polar surface area (TPSA) is 38.3 Å². The molecule has 0 aromatic heterocycles. The lowest BCUT2D eigenvalue weighted by Gasteiger charge is -2.08. The average Bonchev–Trinajstić information content (AvgIpc) is 2.83. The SMILES string of the molecule is O=C1OCC(Nc2ccc(Br)cc2)=C1c1ccc(Br)cc1. The molecule has 1 N–H and O–H groups in total. The number of ether oxygens (including phenoxy) is 1. The van der Waals surface area contributed by atoms with Crippen molar-refractivity contribution in [3.8, 4) is 0 Å². The smallest absolute Gasteiger partial charge is 0.341 e. The van der Waals surface area contributed by atoms with Gasteiger partial charge >= 0.3 is 5.97 Å². The van der Waals surface area contributed by atoms with Gasteiger partial charge in [-0.05, 0) is 42.0 Å². The molecule has 0 saturated heterocycles. The summed E-state index contributed by atoms with van der Waals surface area (Å²) in [5.41, 5.74) is 3.14. The Morgan fingerprint density at radius 3 is 2.10 bits per heavy atom. The first-order chi connectivity index (χ1) is 10.1.